The molecule has 0 spiro atoms. The third-order valence-electron chi connectivity index (χ3n) is 12.1. The van der Waals surface area contributed by atoms with Crippen molar-refractivity contribution in [2.45, 2.75) is 6.92 Å². The van der Waals surface area contributed by atoms with E-state index in [-0.39, 0.29) is 0 Å². The van der Waals surface area contributed by atoms with E-state index in [1.54, 1.807) is 0 Å². The first-order valence-electron chi connectivity index (χ1n) is 21.0. The van der Waals surface area contributed by atoms with Gasteiger partial charge in [-0.2, -0.15) is 0 Å². The molecule has 1 aromatic heterocycles. The van der Waals surface area contributed by atoms with Crippen LogP contribution in [0.1, 0.15) is 5.56 Å². The van der Waals surface area contributed by atoms with E-state index in [2.05, 4.69) is 247 Å². The number of anilines is 2. The van der Waals surface area contributed by atoms with Crippen molar-refractivity contribution < 1.29 is 0 Å². The molecule has 0 aliphatic rings. The first-order chi connectivity index (χ1) is 30.2. The number of para-hydroxylation sites is 2. The molecule has 2 nitrogen and oxygen atoms in total. The summed E-state index contributed by atoms with van der Waals surface area (Å²) in [6.07, 6.45) is 0. The Morgan fingerprint density at radius 2 is 0.902 bits per heavy atom. The van der Waals surface area contributed by atoms with Crippen LogP contribution in [0, 0.1) is 6.92 Å². The lowest BCUT2D eigenvalue weighted by Gasteiger charge is -2.17. The van der Waals surface area contributed by atoms with Gasteiger partial charge in [0, 0.05) is 33.4 Å². The summed E-state index contributed by atoms with van der Waals surface area (Å²) in [5, 5.41) is 8.73. The molecule has 0 amide bonds. The number of aromatic nitrogens is 1. The maximum atomic E-state index is 3.77. The summed E-state index contributed by atoms with van der Waals surface area (Å²) < 4.78 is 2.40. The molecule has 288 valence electrons. The van der Waals surface area contributed by atoms with E-state index in [4.69, 9.17) is 0 Å². The van der Waals surface area contributed by atoms with Gasteiger partial charge in [-0.05, 0) is 128 Å². The lowest BCUT2D eigenvalue weighted by Crippen LogP contribution is -1.95. The highest BCUT2D eigenvalue weighted by atomic mass is 15.0. The molecule has 0 bridgehead atoms. The molecule has 0 aliphatic carbocycles. The van der Waals surface area contributed by atoms with Gasteiger partial charge < -0.3 is 9.88 Å². The fourth-order valence-electron chi connectivity index (χ4n) is 9.14. The molecule has 0 saturated heterocycles. The smallest absolute Gasteiger partial charge is 0.0541 e. The SMILES string of the molecule is Cc1ccc(-c2cccc3cccc(-c4ccc5c(c4)c4ccccc4n5-c4ccc(-c5ccccc5)cc4)c23)cc1-c1ccccc1Nc1cccc(-c2ccccc2)c1. The molecule has 0 saturated carbocycles. The quantitative estimate of drug-likeness (QED) is 0.163. The molecule has 0 aliphatic heterocycles. The molecule has 0 unspecified atom stereocenters. The highest BCUT2D eigenvalue weighted by Gasteiger charge is 2.17. The number of nitrogens with zero attached hydrogens (tertiary/aromatic N) is 1. The van der Waals surface area contributed by atoms with Gasteiger partial charge in [0.2, 0.25) is 0 Å². The van der Waals surface area contributed by atoms with Gasteiger partial charge in [0.25, 0.3) is 0 Å². The molecule has 10 aromatic carbocycles. The average molecular weight is 779 g/mol. The number of nitrogens with one attached hydrogen (secondary N) is 1. The van der Waals surface area contributed by atoms with Gasteiger partial charge in [-0.3, -0.25) is 0 Å². The fraction of sp³-hybridized carbons (Fsp3) is 0.0169. The van der Waals surface area contributed by atoms with Gasteiger partial charge in [0.05, 0.1) is 11.0 Å². The van der Waals surface area contributed by atoms with Crippen molar-refractivity contribution in [1.82, 2.24) is 4.57 Å². The summed E-state index contributed by atoms with van der Waals surface area (Å²) in [6.45, 7) is 2.21. The summed E-state index contributed by atoms with van der Waals surface area (Å²) in [6, 6.07) is 83.5. The van der Waals surface area contributed by atoms with Crippen LogP contribution in [0.2, 0.25) is 0 Å². The third-order valence-corrected chi connectivity index (χ3v) is 12.1. The van der Waals surface area contributed by atoms with Crippen molar-refractivity contribution in [3.8, 4) is 61.3 Å². The molecule has 1 heterocycles. The van der Waals surface area contributed by atoms with Crippen molar-refractivity contribution in [2.75, 3.05) is 5.32 Å². The second-order valence-electron chi connectivity index (χ2n) is 15.9. The summed E-state index contributed by atoms with van der Waals surface area (Å²) in [5.74, 6) is 0. The Morgan fingerprint density at radius 1 is 0.344 bits per heavy atom. The van der Waals surface area contributed by atoms with E-state index < -0.39 is 0 Å². The van der Waals surface area contributed by atoms with Gasteiger partial charge >= 0.3 is 0 Å². The zero-order chi connectivity index (χ0) is 40.7. The molecule has 11 aromatic rings. The molecular formula is C59H42N2. The van der Waals surface area contributed by atoms with Gasteiger partial charge in [-0.25, -0.2) is 0 Å². The molecule has 11 rings (SSSR count). The zero-order valence-corrected chi connectivity index (χ0v) is 33.9. The number of fused-ring (bicyclic) bond motifs is 4. The summed E-state index contributed by atoms with van der Waals surface area (Å²) >= 11 is 0. The first kappa shape index (κ1) is 36.2. The van der Waals surface area contributed by atoms with Gasteiger partial charge in [0.1, 0.15) is 0 Å². The molecule has 1 N–H and O–H groups in total. The maximum absolute atomic E-state index is 3.77. The molecule has 2 heteroatoms. The van der Waals surface area contributed by atoms with Crippen LogP contribution in [0.5, 0.6) is 0 Å². The second kappa shape index (κ2) is 15.3. The van der Waals surface area contributed by atoms with Gasteiger partial charge in [-0.1, -0.05) is 176 Å². The summed E-state index contributed by atoms with van der Waals surface area (Å²) in [7, 11) is 0. The number of aryl methyl sites for hydroxylation is 1. The minimum atomic E-state index is 1.06. The maximum Gasteiger partial charge on any atom is 0.0541 e. The predicted molar refractivity (Wildman–Crippen MR) is 260 cm³/mol. The van der Waals surface area contributed by atoms with Crippen molar-refractivity contribution in [3.05, 3.63) is 236 Å². The van der Waals surface area contributed by atoms with Crippen LogP contribution < -0.4 is 5.32 Å². The van der Waals surface area contributed by atoms with E-state index in [1.807, 2.05) is 0 Å². The van der Waals surface area contributed by atoms with E-state index >= 15 is 0 Å². The van der Waals surface area contributed by atoms with Gasteiger partial charge in [0.15, 0.2) is 0 Å². The van der Waals surface area contributed by atoms with Crippen LogP contribution in [-0.4, -0.2) is 4.57 Å². The second-order valence-corrected chi connectivity index (χ2v) is 15.9. The van der Waals surface area contributed by atoms with Crippen LogP contribution in [-0.2, 0) is 0 Å². The largest absolute Gasteiger partial charge is 0.355 e. The highest BCUT2D eigenvalue weighted by Crippen LogP contribution is 2.42. The molecule has 0 fully saturated rings. The van der Waals surface area contributed by atoms with Crippen LogP contribution in [0.25, 0.3) is 93.9 Å². The highest BCUT2D eigenvalue weighted by molar-refractivity contribution is 6.13. The Labute approximate surface area is 356 Å². The molecule has 0 atom stereocenters. The van der Waals surface area contributed by atoms with Crippen molar-refractivity contribution in [2.24, 2.45) is 0 Å². The average Bonchev–Trinajstić information content (AvgIpc) is 3.66. The van der Waals surface area contributed by atoms with Crippen molar-refractivity contribution >= 4 is 44.0 Å². The summed E-state index contributed by atoms with van der Waals surface area (Å²) in [4.78, 5) is 0. The Hall–Kier alpha value is -7.94. The standard InChI is InChI=1S/C59H42N2/c1-40-29-30-46(38-54(40)52-23-8-10-27-56(52)60-48-22-12-21-45(37-48)42-17-6-3-7-18-42)50-25-13-19-44-20-14-26-51(59(44)50)47-33-36-58-55(39-47)53-24-9-11-28-57(53)61(58)49-34-31-43(32-35-49)41-15-4-2-5-16-41/h2-39,60H,1H3. The fourth-order valence-corrected chi connectivity index (χ4v) is 9.14. The monoisotopic (exact) mass is 778 g/mol. The minimum Gasteiger partial charge on any atom is -0.355 e. The number of hydrogen-bond donors (Lipinski definition) is 1. The predicted octanol–water partition coefficient (Wildman–Crippen LogP) is 16.3. The van der Waals surface area contributed by atoms with E-state index in [9.17, 15) is 0 Å². The van der Waals surface area contributed by atoms with Crippen LogP contribution >= 0.6 is 0 Å². The van der Waals surface area contributed by atoms with E-state index in [0.717, 1.165) is 17.1 Å². The lowest BCUT2D eigenvalue weighted by molar-refractivity contribution is 1.18. The van der Waals surface area contributed by atoms with Crippen molar-refractivity contribution in [1.29, 1.82) is 0 Å². The zero-order valence-electron chi connectivity index (χ0n) is 33.9. The molecule has 0 radical (unpaired) electrons. The lowest BCUT2D eigenvalue weighted by atomic mass is 9.89. The third kappa shape index (κ3) is 6.65. The van der Waals surface area contributed by atoms with Gasteiger partial charge in [-0.15, -0.1) is 0 Å². The number of hydrogen-bond acceptors (Lipinski definition) is 1. The topological polar surface area (TPSA) is 17.0 Å². The number of rotatable bonds is 8. The normalized spacial score (nSPS) is 11.4. The van der Waals surface area contributed by atoms with E-state index in [1.165, 1.54) is 93.8 Å². The van der Waals surface area contributed by atoms with E-state index in [0.29, 0.717) is 0 Å². The number of benzene rings is 10. The van der Waals surface area contributed by atoms with Crippen molar-refractivity contribution in [3.63, 3.8) is 0 Å². The minimum absolute atomic E-state index is 1.06. The van der Waals surface area contributed by atoms with Crippen LogP contribution in [0.3, 0.4) is 0 Å². The molecular weight excluding hydrogens is 737 g/mol. The van der Waals surface area contributed by atoms with Crippen LogP contribution in [0.4, 0.5) is 11.4 Å². The Balaban J connectivity index is 0.997. The Morgan fingerprint density at radius 3 is 1.67 bits per heavy atom. The first-order valence-corrected chi connectivity index (χ1v) is 21.0. The Kier molecular flexibility index (Phi) is 9.09. The summed E-state index contributed by atoms with van der Waals surface area (Å²) in [5.41, 5.74) is 18.9. The van der Waals surface area contributed by atoms with Crippen LogP contribution in [0.15, 0.2) is 231 Å². The Bertz CT molecular complexity index is 3370. The molecule has 61 heavy (non-hydrogen) atoms.